The predicted octanol–water partition coefficient (Wildman–Crippen LogP) is 6.74. The van der Waals surface area contributed by atoms with E-state index in [0.29, 0.717) is 35.5 Å². The van der Waals surface area contributed by atoms with Crippen molar-refractivity contribution in [2.75, 3.05) is 63.8 Å². The number of nitrogens with one attached hydrogen (secondary N) is 1. The highest BCUT2D eigenvalue weighted by Gasteiger charge is 2.30. The number of carbonyl (C=O) groups excluding carboxylic acids is 1. The Hall–Kier alpha value is -4.16. The molecular formula is C35H49FN6O5. The van der Waals surface area contributed by atoms with Gasteiger partial charge in [0.15, 0.2) is 11.6 Å². The minimum Gasteiger partial charge on any atom is -0.497 e. The first kappa shape index (κ1) is 35.7. The van der Waals surface area contributed by atoms with Crippen LogP contribution in [0, 0.1) is 17.7 Å². The summed E-state index contributed by atoms with van der Waals surface area (Å²) in [6.07, 6.45) is 0.547. The molecule has 1 saturated heterocycles. The molecule has 3 aromatic rings. The molecule has 0 radical (unpaired) electrons. The van der Waals surface area contributed by atoms with Crippen LogP contribution in [0.15, 0.2) is 48.7 Å². The van der Waals surface area contributed by atoms with Crippen LogP contribution < -0.4 is 24.4 Å². The monoisotopic (exact) mass is 652 g/mol. The highest BCUT2D eigenvalue weighted by atomic mass is 19.1. The number of hydrogen-bond donors (Lipinski definition) is 1. The van der Waals surface area contributed by atoms with E-state index in [-0.39, 0.29) is 35.5 Å². The maximum Gasteiger partial charge on any atom is 0.420 e. The quantitative estimate of drug-likeness (QED) is 0.202. The molecule has 11 nitrogen and oxygen atoms in total. The van der Waals surface area contributed by atoms with Crippen molar-refractivity contribution in [3.05, 3.63) is 54.5 Å². The second kappa shape index (κ2) is 16.6. The van der Waals surface area contributed by atoms with E-state index in [1.807, 2.05) is 27.7 Å². The maximum atomic E-state index is 15.1. The minimum atomic E-state index is -0.625. The fourth-order valence-corrected chi connectivity index (χ4v) is 5.64. The fourth-order valence-electron chi connectivity index (χ4n) is 5.64. The van der Waals surface area contributed by atoms with Gasteiger partial charge >= 0.3 is 6.09 Å². The zero-order valence-electron chi connectivity index (χ0n) is 28.8. The van der Waals surface area contributed by atoms with Crippen molar-refractivity contribution in [3.8, 4) is 17.2 Å². The van der Waals surface area contributed by atoms with Gasteiger partial charge in [-0.1, -0.05) is 27.7 Å². The third-order valence-electron chi connectivity index (χ3n) is 8.22. The maximum absolute atomic E-state index is 15.1. The van der Waals surface area contributed by atoms with E-state index in [0.717, 1.165) is 32.7 Å². The van der Waals surface area contributed by atoms with Gasteiger partial charge in [0.25, 0.3) is 0 Å². The van der Waals surface area contributed by atoms with Crippen molar-refractivity contribution < 1.29 is 28.1 Å². The molecule has 0 atom stereocenters. The lowest BCUT2D eigenvalue weighted by Crippen LogP contribution is -2.49. The van der Waals surface area contributed by atoms with Gasteiger partial charge in [0.05, 0.1) is 19.9 Å². The fraction of sp³-hybridized carbons (Fsp3) is 0.514. The number of rotatable bonds is 14. The molecule has 0 unspecified atom stereocenters. The summed E-state index contributed by atoms with van der Waals surface area (Å²) in [7, 11) is 3.06. The Kier molecular flexibility index (Phi) is 12.6. The summed E-state index contributed by atoms with van der Waals surface area (Å²) in [5, 5.41) is 3.04. The number of aromatic nitrogens is 2. The molecule has 2 heterocycles. The topological polar surface area (TPSA) is 102 Å². The van der Waals surface area contributed by atoms with E-state index in [9.17, 15) is 4.79 Å². The molecule has 0 aliphatic carbocycles. The van der Waals surface area contributed by atoms with Gasteiger partial charge in [-0.15, -0.1) is 0 Å². The third kappa shape index (κ3) is 9.45. The number of hydrogen-bond acceptors (Lipinski definition) is 10. The van der Waals surface area contributed by atoms with Gasteiger partial charge in [-0.05, 0) is 49.9 Å². The Morgan fingerprint density at radius 3 is 2.28 bits per heavy atom. The van der Waals surface area contributed by atoms with Gasteiger partial charge in [0.2, 0.25) is 5.95 Å². The molecule has 1 aliphatic heterocycles. The molecule has 256 valence electrons. The Morgan fingerprint density at radius 1 is 0.936 bits per heavy atom. The van der Waals surface area contributed by atoms with E-state index >= 15 is 4.39 Å². The molecule has 1 fully saturated rings. The normalized spacial score (nSPS) is 14.1. The van der Waals surface area contributed by atoms with Crippen molar-refractivity contribution in [1.29, 1.82) is 0 Å². The van der Waals surface area contributed by atoms with Crippen LogP contribution in [0.1, 0.15) is 41.5 Å². The van der Waals surface area contributed by atoms with Crippen LogP contribution >= 0.6 is 0 Å². The summed E-state index contributed by atoms with van der Waals surface area (Å²) in [5.41, 5.74) is 0.830. The van der Waals surface area contributed by atoms with Crippen LogP contribution in [0.2, 0.25) is 0 Å². The average Bonchev–Trinajstić information content (AvgIpc) is 3.05. The lowest BCUT2D eigenvalue weighted by atomic mass is 9.96. The van der Waals surface area contributed by atoms with Crippen molar-refractivity contribution in [2.24, 2.45) is 11.8 Å². The largest absolute Gasteiger partial charge is 0.497 e. The SMILES string of the molecule is COc1ccc(N(C(=O)OC(C(C)C)C(C)C)c2ccnc(Nc3ccc(OCCN4CCN(C(C)C)CC4)c(F)c3)n2)c(OC)c1. The number of halogens is 1. The smallest absolute Gasteiger partial charge is 0.420 e. The number of carbonyl (C=O) groups is 1. The highest BCUT2D eigenvalue weighted by molar-refractivity contribution is 5.97. The average molecular weight is 653 g/mol. The first-order valence-electron chi connectivity index (χ1n) is 16.2. The number of ether oxygens (including phenoxy) is 4. The summed E-state index contributed by atoms with van der Waals surface area (Å²) < 4.78 is 37.8. The zero-order valence-corrected chi connectivity index (χ0v) is 28.8. The first-order chi connectivity index (χ1) is 22.5. The van der Waals surface area contributed by atoms with E-state index in [4.69, 9.17) is 18.9 Å². The molecule has 47 heavy (non-hydrogen) atoms. The first-order valence-corrected chi connectivity index (χ1v) is 16.2. The summed E-state index contributed by atoms with van der Waals surface area (Å²) in [4.78, 5) is 28.9. The summed E-state index contributed by atoms with van der Waals surface area (Å²) >= 11 is 0. The van der Waals surface area contributed by atoms with Gasteiger partial charge < -0.3 is 24.3 Å². The van der Waals surface area contributed by atoms with E-state index in [2.05, 4.69) is 38.9 Å². The van der Waals surface area contributed by atoms with Gasteiger partial charge in [0, 0.05) is 68.8 Å². The van der Waals surface area contributed by atoms with Crippen molar-refractivity contribution in [1.82, 2.24) is 19.8 Å². The number of anilines is 4. The summed E-state index contributed by atoms with van der Waals surface area (Å²) in [6, 6.07) is 11.9. The number of amides is 1. The predicted molar refractivity (Wildman–Crippen MR) is 182 cm³/mol. The number of benzene rings is 2. The lowest BCUT2D eigenvalue weighted by Gasteiger charge is -2.36. The lowest BCUT2D eigenvalue weighted by molar-refractivity contribution is 0.0484. The van der Waals surface area contributed by atoms with Crippen LogP contribution in [0.5, 0.6) is 17.2 Å². The van der Waals surface area contributed by atoms with Gasteiger partial charge in [-0.3, -0.25) is 9.80 Å². The Labute approximate surface area is 278 Å². The second-order valence-corrected chi connectivity index (χ2v) is 12.5. The molecule has 0 bridgehead atoms. The zero-order chi connectivity index (χ0) is 34.1. The van der Waals surface area contributed by atoms with Gasteiger partial charge in [0.1, 0.15) is 30.0 Å². The van der Waals surface area contributed by atoms with E-state index in [1.165, 1.54) is 24.3 Å². The Bertz CT molecular complexity index is 1460. The van der Waals surface area contributed by atoms with Crippen LogP contribution in [0.3, 0.4) is 0 Å². The van der Waals surface area contributed by atoms with Crippen LogP contribution in [0.4, 0.5) is 32.3 Å². The van der Waals surface area contributed by atoms with Gasteiger partial charge in [-0.25, -0.2) is 19.1 Å². The molecule has 1 aliphatic rings. The van der Waals surface area contributed by atoms with Crippen LogP contribution in [-0.4, -0.2) is 91.6 Å². The number of piperazine rings is 1. The molecule has 0 spiro atoms. The van der Waals surface area contributed by atoms with Crippen molar-refractivity contribution in [2.45, 2.75) is 53.7 Å². The molecule has 4 rings (SSSR count). The highest BCUT2D eigenvalue weighted by Crippen LogP contribution is 2.37. The number of methoxy groups -OCH3 is 2. The van der Waals surface area contributed by atoms with E-state index in [1.54, 1.807) is 43.5 Å². The second-order valence-electron chi connectivity index (χ2n) is 12.5. The molecule has 1 aromatic heterocycles. The van der Waals surface area contributed by atoms with E-state index < -0.39 is 11.9 Å². The number of nitrogens with zero attached hydrogens (tertiary/aromatic N) is 5. The molecule has 2 aromatic carbocycles. The van der Waals surface area contributed by atoms with Crippen LogP contribution in [-0.2, 0) is 4.74 Å². The van der Waals surface area contributed by atoms with Gasteiger partial charge in [-0.2, -0.15) is 4.98 Å². The molecule has 12 heteroatoms. The Morgan fingerprint density at radius 2 is 1.66 bits per heavy atom. The van der Waals surface area contributed by atoms with Crippen molar-refractivity contribution in [3.63, 3.8) is 0 Å². The standard InChI is InChI=1S/C35H49FN6O5/c1-23(2)33(24(3)4)47-35(43)42(29-11-10-27(44-7)22-31(29)45-8)32-13-14-37-34(39-32)38-26-9-12-30(28(36)21-26)46-20-19-40-15-17-41(18-16-40)25(5)6/h9-14,21-25,33H,15-20H2,1-8H3,(H,37,38,39). The third-order valence-corrected chi connectivity index (χ3v) is 8.22. The summed E-state index contributed by atoms with van der Waals surface area (Å²) in [6.45, 7) is 17.6. The molecular weight excluding hydrogens is 603 g/mol. The Balaban J connectivity index is 1.50. The summed E-state index contributed by atoms with van der Waals surface area (Å²) in [5.74, 6) is 1.18. The minimum absolute atomic E-state index is 0.0866. The molecule has 1 N–H and O–H groups in total. The van der Waals surface area contributed by atoms with Crippen LogP contribution in [0.25, 0.3) is 0 Å². The molecule has 0 saturated carbocycles. The van der Waals surface area contributed by atoms with Crippen molar-refractivity contribution >= 4 is 29.2 Å². The molecule has 1 amide bonds.